The Hall–Kier alpha value is -2.70. The Morgan fingerprint density at radius 3 is 2.36 bits per heavy atom. The topological polar surface area (TPSA) is 82.1 Å². The van der Waals surface area contributed by atoms with E-state index in [4.69, 9.17) is 14.2 Å². The molecule has 6 nitrogen and oxygen atoms in total. The number of ether oxygens (including phenoxy) is 3. The van der Waals surface area contributed by atoms with Gasteiger partial charge in [0.25, 0.3) is 0 Å². The lowest BCUT2D eigenvalue weighted by Crippen LogP contribution is -2.38. The minimum Gasteiger partial charge on any atom is -0.497 e. The maximum Gasteiger partial charge on any atom is 0.311 e. The molecule has 0 saturated carbocycles. The highest BCUT2D eigenvalue weighted by Gasteiger charge is 2.35. The van der Waals surface area contributed by atoms with Crippen LogP contribution in [-0.2, 0) is 25.7 Å². The van der Waals surface area contributed by atoms with Gasteiger partial charge in [0.1, 0.15) is 5.75 Å². The standard InChI is InChI=1S/C27H38O6/c1-8-10-25(33-18-21-11-13-22(31-7)14-12-21)27(5,6)24(29)17-19(3)15-16-32-26(30)20(4)23(28)9-2/h8-9,11-14,17,20,23,25,28H,1-2,10,15-16,18H2,3-7H3/b19-17+/t20?,23-,25-/m1/s1. The number of hydrogen-bond donors (Lipinski definition) is 1. The molecule has 0 heterocycles. The molecule has 3 atom stereocenters. The van der Waals surface area contributed by atoms with Gasteiger partial charge in [-0.25, -0.2) is 0 Å². The molecule has 1 unspecified atom stereocenters. The zero-order valence-electron chi connectivity index (χ0n) is 20.5. The van der Waals surface area contributed by atoms with Crippen molar-refractivity contribution >= 4 is 11.8 Å². The number of methoxy groups -OCH3 is 1. The van der Waals surface area contributed by atoms with E-state index >= 15 is 0 Å². The molecule has 0 bridgehead atoms. The highest BCUT2D eigenvalue weighted by Crippen LogP contribution is 2.30. The molecule has 6 heteroatoms. The average Bonchev–Trinajstić information content (AvgIpc) is 2.80. The Morgan fingerprint density at radius 1 is 1.18 bits per heavy atom. The van der Waals surface area contributed by atoms with Crippen LogP contribution >= 0.6 is 0 Å². The molecular weight excluding hydrogens is 420 g/mol. The van der Waals surface area contributed by atoms with Gasteiger partial charge in [0.15, 0.2) is 5.78 Å². The van der Waals surface area contributed by atoms with Gasteiger partial charge >= 0.3 is 5.97 Å². The predicted octanol–water partition coefficient (Wildman–Crippen LogP) is 4.81. The molecule has 0 aromatic heterocycles. The van der Waals surface area contributed by atoms with Crippen LogP contribution in [0, 0.1) is 11.3 Å². The van der Waals surface area contributed by atoms with E-state index in [-0.39, 0.29) is 18.5 Å². The highest BCUT2D eigenvalue weighted by atomic mass is 16.5. The summed E-state index contributed by atoms with van der Waals surface area (Å²) in [4.78, 5) is 25.0. The maximum atomic E-state index is 13.1. The molecule has 0 amide bonds. The van der Waals surface area contributed by atoms with Crippen molar-refractivity contribution < 1.29 is 28.9 Å². The van der Waals surface area contributed by atoms with Crippen molar-refractivity contribution in [1.82, 2.24) is 0 Å². The Balaban J connectivity index is 2.71. The van der Waals surface area contributed by atoms with Gasteiger partial charge in [-0.15, -0.1) is 13.2 Å². The SMILES string of the molecule is C=CC[C@@H](OCc1ccc(OC)cc1)C(C)(C)C(=O)/C=C(\C)CCOC(=O)C(C)[C@H](O)C=C. The highest BCUT2D eigenvalue weighted by molar-refractivity contribution is 5.95. The van der Waals surface area contributed by atoms with Gasteiger partial charge in [-0.3, -0.25) is 9.59 Å². The second kappa shape index (κ2) is 13.8. The lowest BCUT2D eigenvalue weighted by Gasteiger charge is -2.32. The summed E-state index contributed by atoms with van der Waals surface area (Å²) >= 11 is 0. The van der Waals surface area contributed by atoms with E-state index in [1.807, 2.05) is 45.0 Å². The predicted molar refractivity (Wildman–Crippen MR) is 130 cm³/mol. The molecule has 0 spiro atoms. The summed E-state index contributed by atoms with van der Waals surface area (Å²) in [6.07, 6.45) is 4.29. The van der Waals surface area contributed by atoms with Crippen molar-refractivity contribution in [1.29, 1.82) is 0 Å². The fourth-order valence-electron chi connectivity index (χ4n) is 3.07. The number of esters is 1. The largest absolute Gasteiger partial charge is 0.497 e. The third-order valence-electron chi connectivity index (χ3n) is 5.67. The van der Waals surface area contributed by atoms with Crippen LogP contribution < -0.4 is 4.74 Å². The number of allylic oxidation sites excluding steroid dienone is 1. The Bertz CT molecular complexity index is 822. The van der Waals surface area contributed by atoms with Crippen molar-refractivity contribution in [3.63, 3.8) is 0 Å². The van der Waals surface area contributed by atoms with Crippen LogP contribution in [-0.4, -0.2) is 42.8 Å². The van der Waals surface area contributed by atoms with Crippen LogP contribution in [0.4, 0.5) is 0 Å². The summed E-state index contributed by atoms with van der Waals surface area (Å²) in [5.74, 6) is -0.479. The normalized spacial score (nSPS) is 14.7. The number of rotatable bonds is 15. The first kappa shape index (κ1) is 28.3. The monoisotopic (exact) mass is 458 g/mol. The van der Waals surface area contributed by atoms with Gasteiger partial charge < -0.3 is 19.3 Å². The van der Waals surface area contributed by atoms with Gasteiger partial charge in [-0.1, -0.05) is 43.7 Å². The third-order valence-corrected chi connectivity index (χ3v) is 5.67. The van der Waals surface area contributed by atoms with Crippen LogP contribution in [0.5, 0.6) is 5.75 Å². The molecule has 0 aliphatic rings. The van der Waals surface area contributed by atoms with Gasteiger partial charge in [-0.05, 0) is 44.0 Å². The van der Waals surface area contributed by atoms with Crippen molar-refractivity contribution in [2.45, 2.75) is 59.4 Å². The summed E-state index contributed by atoms with van der Waals surface area (Å²) in [6, 6.07) is 7.60. The zero-order chi connectivity index (χ0) is 25.0. The first-order valence-electron chi connectivity index (χ1n) is 11.1. The van der Waals surface area contributed by atoms with E-state index in [9.17, 15) is 14.7 Å². The molecule has 0 radical (unpaired) electrons. The number of hydrogen-bond acceptors (Lipinski definition) is 6. The number of aliphatic hydroxyl groups is 1. The smallest absolute Gasteiger partial charge is 0.311 e. The molecule has 1 aromatic rings. The summed E-state index contributed by atoms with van der Waals surface area (Å²) in [6.45, 7) is 14.9. The molecule has 0 saturated heterocycles. The number of aliphatic hydroxyl groups excluding tert-OH is 1. The molecule has 0 aliphatic heterocycles. The minimum atomic E-state index is -0.948. The molecule has 1 aromatic carbocycles. The molecule has 0 aliphatic carbocycles. The van der Waals surface area contributed by atoms with Crippen LogP contribution in [0.25, 0.3) is 0 Å². The summed E-state index contributed by atoms with van der Waals surface area (Å²) in [5, 5.41) is 9.65. The van der Waals surface area contributed by atoms with Crippen LogP contribution in [0.3, 0.4) is 0 Å². The molecule has 182 valence electrons. The fourth-order valence-corrected chi connectivity index (χ4v) is 3.07. The molecule has 1 rings (SSSR count). The van der Waals surface area contributed by atoms with Crippen LogP contribution in [0.15, 0.2) is 61.2 Å². The molecule has 33 heavy (non-hydrogen) atoms. The van der Waals surface area contributed by atoms with Gasteiger partial charge in [0.05, 0.1) is 43.9 Å². The molecule has 1 N–H and O–H groups in total. The number of ketones is 1. The molecular formula is C27H38O6. The van der Waals surface area contributed by atoms with Gasteiger partial charge in [0.2, 0.25) is 0 Å². The summed E-state index contributed by atoms with van der Waals surface area (Å²) < 4.78 is 16.5. The van der Waals surface area contributed by atoms with E-state index in [0.29, 0.717) is 19.4 Å². The summed E-state index contributed by atoms with van der Waals surface area (Å²) in [7, 11) is 1.62. The quantitative estimate of drug-likeness (QED) is 0.231. The van der Waals surface area contributed by atoms with E-state index in [1.165, 1.54) is 6.08 Å². The third kappa shape index (κ3) is 8.98. The van der Waals surface area contributed by atoms with Gasteiger partial charge in [-0.2, -0.15) is 0 Å². The van der Waals surface area contributed by atoms with E-state index in [2.05, 4.69) is 13.2 Å². The van der Waals surface area contributed by atoms with Crippen molar-refractivity contribution in [2.75, 3.05) is 13.7 Å². The maximum absolute atomic E-state index is 13.1. The number of carbonyl (C=O) groups excluding carboxylic acids is 2. The van der Waals surface area contributed by atoms with E-state index in [1.54, 1.807) is 26.2 Å². The first-order chi connectivity index (χ1) is 15.6. The Labute approximate surface area is 197 Å². The van der Waals surface area contributed by atoms with Crippen molar-refractivity contribution in [3.05, 3.63) is 66.8 Å². The zero-order valence-corrected chi connectivity index (χ0v) is 20.5. The Morgan fingerprint density at radius 2 is 1.82 bits per heavy atom. The fraction of sp³-hybridized carbons (Fsp3) is 0.481. The number of benzene rings is 1. The lowest BCUT2D eigenvalue weighted by molar-refractivity contribution is -0.150. The minimum absolute atomic E-state index is 0.0663. The summed E-state index contributed by atoms with van der Waals surface area (Å²) in [5.41, 5.74) is 1.00. The van der Waals surface area contributed by atoms with Crippen LogP contribution in [0.2, 0.25) is 0 Å². The van der Waals surface area contributed by atoms with Crippen molar-refractivity contribution in [2.24, 2.45) is 11.3 Å². The van der Waals surface area contributed by atoms with Gasteiger partial charge in [0, 0.05) is 6.42 Å². The second-order valence-electron chi connectivity index (χ2n) is 8.68. The first-order valence-corrected chi connectivity index (χ1v) is 11.1. The lowest BCUT2D eigenvalue weighted by atomic mass is 9.79. The second-order valence-corrected chi connectivity index (χ2v) is 8.68. The average molecular weight is 459 g/mol. The van der Waals surface area contributed by atoms with E-state index < -0.39 is 23.4 Å². The van der Waals surface area contributed by atoms with Crippen LogP contribution in [0.1, 0.15) is 46.1 Å². The van der Waals surface area contributed by atoms with E-state index in [0.717, 1.165) is 16.9 Å². The molecule has 0 fully saturated rings. The Kier molecular flexibility index (Phi) is 11.8. The number of carbonyl (C=O) groups is 2. The van der Waals surface area contributed by atoms with Crippen molar-refractivity contribution in [3.8, 4) is 5.75 Å².